The molecule has 0 aliphatic heterocycles. The van der Waals surface area contributed by atoms with Gasteiger partial charge in [-0.3, -0.25) is 10.1 Å². The number of carbonyl (C=O) groups is 2. The van der Waals surface area contributed by atoms with E-state index in [2.05, 4.69) is 26.1 Å². The molecule has 39 heavy (non-hydrogen) atoms. The zero-order valence-electron chi connectivity index (χ0n) is 24.0. The first-order valence-corrected chi connectivity index (χ1v) is 15.0. The van der Waals surface area contributed by atoms with Crippen LogP contribution in [-0.4, -0.2) is 47.7 Å². The average molecular weight is 542 g/mol. The molecule has 0 aromatic heterocycles. The Kier molecular flexibility index (Phi) is 8.04. The molecule has 3 N–H and O–H groups in total. The van der Waals surface area contributed by atoms with Gasteiger partial charge >= 0.3 is 12.1 Å². The Hall–Kier alpha value is -2.12. The Morgan fingerprint density at radius 1 is 1.05 bits per heavy atom. The first-order valence-electron chi connectivity index (χ1n) is 15.0. The molecule has 4 aliphatic carbocycles. The molecule has 11 atom stereocenters. The normalized spacial score (nSPS) is 41.9. The summed E-state index contributed by atoms with van der Waals surface area (Å²) >= 11 is 0. The third-order valence-electron chi connectivity index (χ3n) is 11.8. The van der Waals surface area contributed by atoms with Crippen molar-refractivity contribution in [2.75, 3.05) is 12.4 Å². The molecule has 1 aromatic rings. The third-order valence-corrected chi connectivity index (χ3v) is 11.8. The molecule has 4 aliphatic rings. The Balaban J connectivity index is 1.46. The van der Waals surface area contributed by atoms with E-state index in [4.69, 9.17) is 9.47 Å². The van der Waals surface area contributed by atoms with Gasteiger partial charge in [0.2, 0.25) is 0 Å². The topological polar surface area (TPSA) is 105 Å². The van der Waals surface area contributed by atoms with Crippen molar-refractivity contribution in [3.05, 3.63) is 30.3 Å². The predicted octanol–water partition coefficient (Wildman–Crippen LogP) is 5.79. The van der Waals surface area contributed by atoms with Crippen LogP contribution in [0.1, 0.15) is 78.6 Å². The van der Waals surface area contributed by atoms with Crippen molar-refractivity contribution in [2.45, 2.75) is 96.9 Å². The minimum Gasteiger partial charge on any atom is -0.469 e. The van der Waals surface area contributed by atoms with Crippen LogP contribution in [0, 0.1) is 46.3 Å². The number of carbonyl (C=O) groups excluding carboxylic acids is 2. The number of ether oxygens (including phenoxy) is 2. The summed E-state index contributed by atoms with van der Waals surface area (Å²) < 4.78 is 11.3. The maximum Gasteiger partial charge on any atom is 0.411 e. The van der Waals surface area contributed by atoms with E-state index in [1.165, 1.54) is 7.11 Å². The average Bonchev–Trinajstić information content (AvgIpc) is 3.27. The Labute approximate surface area is 233 Å². The van der Waals surface area contributed by atoms with Crippen molar-refractivity contribution in [3.63, 3.8) is 0 Å². The van der Waals surface area contributed by atoms with Gasteiger partial charge in [0.25, 0.3) is 0 Å². The summed E-state index contributed by atoms with van der Waals surface area (Å²) in [6.07, 6.45) is 5.61. The molecule has 0 spiro atoms. The number of nitrogens with one attached hydrogen (secondary N) is 1. The first kappa shape index (κ1) is 28.4. The summed E-state index contributed by atoms with van der Waals surface area (Å²) in [5.41, 5.74) is 0.410. The molecular formula is C32H47NO6. The molecule has 1 amide bonds. The molecule has 4 saturated carbocycles. The molecular weight excluding hydrogens is 494 g/mol. The van der Waals surface area contributed by atoms with Crippen LogP contribution in [0.25, 0.3) is 0 Å². The Morgan fingerprint density at radius 3 is 2.51 bits per heavy atom. The van der Waals surface area contributed by atoms with E-state index < -0.39 is 12.2 Å². The number of hydrogen-bond donors (Lipinski definition) is 3. The lowest BCUT2D eigenvalue weighted by Crippen LogP contribution is -2.63. The fourth-order valence-corrected chi connectivity index (χ4v) is 9.73. The van der Waals surface area contributed by atoms with Crippen LogP contribution in [-0.2, 0) is 14.3 Å². The van der Waals surface area contributed by atoms with Crippen molar-refractivity contribution in [3.8, 4) is 0 Å². The second-order valence-corrected chi connectivity index (χ2v) is 13.5. The van der Waals surface area contributed by atoms with Gasteiger partial charge in [-0.05, 0) is 104 Å². The van der Waals surface area contributed by atoms with E-state index in [0.717, 1.165) is 51.4 Å². The third kappa shape index (κ3) is 5.10. The van der Waals surface area contributed by atoms with Gasteiger partial charge in [0, 0.05) is 17.5 Å². The van der Waals surface area contributed by atoms with Crippen LogP contribution in [0.4, 0.5) is 10.5 Å². The molecule has 4 fully saturated rings. The van der Waals surface area contributed by atoms with Gasteiger partial charge in [0.05, 0.1) is 19.3 Å². The Bertz CT molecular complexity index is 1030. The lowest BCUT2D eigenvalue weighted by Gasteiger charge is -2.63. The SMILES string of the molecule is COC(=O)CC[C@@H](C)[C@H]1CC[C@H]2[C@@H]3[C@H](O)C[C@@H]4C[C@@H](O)CC[C@]4(C)[C@H]3C[C@H](OC(=O)Nc3ccccc3)[C@]12C. The highest BCUT2D eigenvalue weighted by Gasteiger charge is 2.66. The van der Waals surface area contributed by atoms with Crippen molar-refractivity contribution in [2.24, 2.45) is 46.3 Å². The number of aliphatic hydroxyl groups is 2. The summed E-state index contributed by atoms with van der Waals surface area (Å²) in [7, 11) is 1.43. The number of aliphatic hydroxyl groups excluding tert-OH is 2. The smallest absolute Gasteiger partial charge is 0.411 e. The molecule has 0 unspecified atom stereocenters. The van der Waals surface area contributed by atoms with Crippen LogP contribution in [0.3, 0.4) is 0 Å². The summed E-state index contributed by atoms with van der Waals surface area (Å²) in [5.74, 6) is 1.23. The molecule has 1 aromatic carbocycles. The van der Waals surface area contributed by atoms with Crippen LogP contribution < -0.4 is 5.32 Å². The highest BCUT2D eigenvalue weighted by atomic mass is 16.6. The molecule has 0 heterocycles. The van der Waals surface area contributed by atoms with Gasteiger partial charge in [-0.25, -0.2) is 4.79 Å². The standard InChI is InChI=1S/C32H47NO6/c1-19(10-13-28(36)38-4)23-11-12-24-29-25(31(2)15-14-22(34)16-20(31)17-26(29)35)18-27(32(23,24)3)39-30(37)33-21-8-6-5-7-9-21/h5-9,19-20,22-27,29,34-35H,10-18H2,1-4H3,(H,33,37)/t19-,20+,22+,23-,24+,25+,26-,27+,29+,31+,32-/m1/s1. The second-order valence-electron chi connectivity index (χ2n) is 13.5. The van der Waals surface area contributed by atoms with Crippen LogP contribution in [0.2, 0.25) is 0 Å². The highest BCUT2D eigenvalue weighted by molar-refractivity contribution is 5.84. The number of hydrogen-bond acceptors (Lipinski definition) is 6. The van der Waals surface area contributed by atoms with Gasteiger partial charge in [-0.2, -0.15) is 0 Å². The monoisotopic (exact) mass is 541 g/mol. The van der Waals surface area contributed by atoms with Gasteiger partial charge in [-0.1, -0.05) is 39.0 Å². The largest absolute Gasteiger partial charge is 0.469 e. The molecule has 0 saturated heterocycles. The minimum atomic E-state index is -0.436. The maximum atomic E-state index is 13.3. The Morgan fingerprint density at radius 2 is 1.79 bits per heavy atom. The zero-order valence-corrected chi connectivity index (χ0v) is 24.0. The maximum absolute atomic E-state index is 13.3. The van der Waals surface area contributed by atoms with E-state index in [0.29, 0.717) is 12.1 Å². The first-order chi connectivity index (χ1) is 18.6. The van der Waals surface area contributed by atoms with Crippen molar-refractivity contribution in [1.82, 2.24) is 0 Å². The number of anilines is 1. The number of esters is 1. The van der Waals surface area contributed by atoms with Crippen molar-refractivity contribution >= 4 is 17.7 Å². The number of fused-ring (bicyclic) bond motifs is 5. The van der Waals surface area contributed by atoms with Crippen LogP contribution in [0.15, 0.2) is 30.3 Å². The van der Waals surface area contributed by atoms with Crippen molar-refractivity contribution in [1.29, 1.82) is 0 Å². The van der Waals surface area contributed by atoms with E-state index in [1.54, 1.807) is 0 Å². The molecule has 216 valence electrons. The molecule has 0 radical (unpaired) electrons. The van der Waals surface area contributed by atoms with E-state index in [9.17, 15) is 19.8 Å². The lowest BCUT2D eigenvalue weighted by atomic mass is 9.43. The van der Waals surface area contributed by atoms with Crippen molar-refractivity contribution < 1.29 is 29.3 Å². The highest BCUT2D eigenvalue weighted by Crippen LogP contribution is 2.69. The zero-order chi connectivity index (χ0) is 27.9. The molecule has 7 heteroatoms. The van der Waals surface area contributed by atoms with E-state index in [1.807, 2.05) is 30.3 Å². The number of benzene rings is 1. The number of amides is 1. The van der Waals surface area contributed by atoms with E-state index in [-0.39, 0.29) is 64.5 Å². The summed E-state index contributed by atoms with van der Waals surface area (Å²) in [4.78, 5) is 25.2. The van der Waals surface area contributed by atoms with E-state index >= 15 is 0 Å². The summed E-state index contributed by atoms with van der Waals surface area (Å²) in [6, 6.07) is 9.39. The number of rotatable bonds is 6. The van der Waals surface area contributed by atoms with Crippen LogP contribution in [0.5, 0.6) is 0 Å². The number of methoxy groups -OCH3 is 1. The quantitative estimate of drug-likeness (QED) is 0.394. The van der Waals surface area contributed by atoms with Crippen LogP contribution >= 0.6 is 0 Å². The van der Waals surface area contributed by atoms with Gasteiger partial charge < -0.3 is 19.7 Å². The molecule has 0 bridgehead atoms. The minimum absolute atomic E-state index is 0.0105. The lowest BCUT2D eigenvalue weighted by molar-refractivity contribution is -0.206. The van der Waals surface area contributed by atoms with Gasteiger partial charge in [-0.15, -0.1) is 0 Å². The van der Waals surface area contributed by atoms with Gasteiger partial charge in [0.1, 0.15) is 6.10 Å². The fraction of sp³-hybridized carbons (Fsp3) is 0.750. The molecule has 7 nitrogen and oxygen atoms in total. The fourth-order valence-electron chi connectivity index (χ4n) is 9.73. The molecule has 5 rings (SSSR count). The van der Waals surface area contributed by atoms with Gasteiger partial charge in [0.15, 0.2) is 0 Å². The number of para-hydroxylation sites is 1. The summed E-state index contributed by atoms with van der Waals surface area (Å²) in [5, 5.41) is 25.0. The second kappa shape index (κ2) is 11.0. The predicted molar refractivity (Wildman–Crippen MR) is 149 cm³/mol. The summed E-state index contributed by atoms with van der Waals surface area (Å²) in [6.45, 7) is 6.86.